The van der Waals surface area contributed by atoms with Crippen LogP contribution in [0.5, 0.6) is 0 Å². The second-order valence-corrected chi connectivity index (χ2v) is 7.19. The largest absolute Gasteiger partial charge is 0.311 e. The van der Waals surface area contributed by atoms with Crippen molar-refractivity contribution in [3.8, 4) is 0 Å². The number of hydrogen-bond donors (Lipinski definition) is 1. The summed E-state index contributed by atoms with van der Waals surface area (Å²) in [6.45, 7) is 13.4. The van der Waals surface area contributed by atoms with E-state index in [4.69, 9.17) is 0 Å². The first-order chi connectivity index (χ1) is 9.63. The zero-order valence-corrected chi connectivity index (χ0v) is 14.1. The molecule has 20 heavy (non-hydrogen) atoms. The van der Waals surface area contributed by atoms with E-state index in [0.29, 0.717) is 6.04 Å². The lowest BCUT2D eigenvalue weighted by Gasteiger charge is -2.44. The molecule has 3 heteroatoms. The molecule has 0 aromatic rings. The minimum Gasteiger partial charge on any atom is -0.311 e. The number of nitrogens with one attached hydrogen (secondary N) is 1. The normalized spacial score (nSPS) is 35.1. The first-order valence-electron chi connectivity index (χ1n) is 8.80. The number of likely N-dealkylation sites (tertiary alicyclic amines) is 1. The van der Waals surface area contributed by atoms with Gasteiger partial charge in [-0.2, -0.15) is 0 Å². The molecular weight excluding hydrogens is 246 g/mol. The molecule has 0 aromatic heterocycles. The third-order valence-electron chi connectivity index (χ3n) is 5.58. The van der Waals surface area contributed by atoms with Crippen molar-refractivity contribution in [1.29, 1.82) is 0 Å². The summed E-state index contributed by atoms with van der Waals surface area (Å²) < 4.78 is 0. The highest BCUT2D eigenvalue weighted by molar-refractivity contribution is 4.89. The van der Waals surface area contributed by atoms with E-state index in [1.54, 1.807) is 0 Å². The van der Waals surface area contributed by atoms with E-state index in [9.17, 15) is 0 Å². The van der Waals surface area contributed by atoms with Crippen LogP contribution in [0.25, 0.3) is 0 Å². The molecule has 2 heterocycles. The molecule has 0 amide bonds. The molecule has 4 unspecified atom stereocenters. The third-order valence-corrected chi connectivity index (χ3v) is 5.58. The van der Waals surface area contributed by atoms with E-state index in [1.165, 1.54) is 58.4 Å². The predicted octanol–water partition coefficient (Wildman–Crippen LogP) is 2.43. The van der Waals surface area contributed by atoms with Crippen molar-refractivity contribution in [3.05, 3.63) is 0 Å². The average Bonchev–Trinajstić information content (AvgIpc) is 2.46. The van der Waals surface area contributed by atoms with Gasteiger partial charge in [0.1, 0.15) is 0 Å². The quantitative estimate of drug-likeness (QED) is 0.835. The highest BCUT2D eigenvalue weighted by Gasteiger charge is 2.31. The van der Waals surface area contributed by atoms with Crippen LogP contribution in [0.15, 0.2) is 0 Å². The molecule has 2 aliphatic heterocycles. The van der Waals surface area contributed by atoms with Gasteiger partial charge in [-0.1, -0.05) is 27.2 Å². The van der Waals surface area contributed by atoms with E-state index in [-0.39, 0.29) is 0 Å². The maximum atomic E-state index is 3.79. The van der Waals surface area contributed by atoms with Crippen LogP contribution in [0.1, 0.15) is 46.5 Å². The van der Waals surface area contributed by atoms with E-state index in [1.807, 2.05) is 0 Å². The molecule has 0 radical (unpaired) electrons. The van der Waals surface area contributed by atoms with Crippen LogP contribution in [0.2, 0.25) is 0 Å². The topological polar surface area (TPSA) is 18.5 Å². The molecule has 0 aliphatic carbocycles. The fourth-order valence-corrected chi connectivity index (χ4v) is 3.93. The van der Waals surface area contributed by atoms with Crippen LogP contribution >= 0.6 is 0 Å². The van der Waals surface area contributed by atoms with Gasteiger partial charge < -0.3 is 10.2 Å². The van der Waals surface area contributed by atoms with E-state index < -0.39 is 0 Å². The summed E-state index contributed by atoms with van der Waals surface area (Å²) in [4.78, 5) is 5.32. The van der Waals surface area contributed by atoms with Gasteiger partial charge in [0.2, 0.25) is 0 Å². The number of nitrogens with zero attached hydrogens (tertiary/aromatic N) is 2. The Kier molecular flexibility index (Phi) is 6.31. The third kappa shape index (κ3) is 4.19. The maximum Gasteiger partial charge on any atom is 0.0221 e. The van der Waals surface area contributed by atoms with Crippen molar-refractivity contribution < 1.29 is 0 Å². The Bertz CT molecular complexity index is 281. The van der Waals surface area contributed by atoms with Crippen molar-refractivity contribution in [3.63, 3.8) is 0 Å². The van der Waals surface area contributed by atoms with Gasteiger partial charge in [-0.05, 0) is 44.7 Å². The summed E-state index contributed by atoms with van der Waals surface area (Å²) in [5.41, 5.74) is 0. The average molecular weight is 281 g/mol. The van der Waals surface area contributed by atoms with Gasteiger partial charge in [0.05, 0.1) is 0 Å². The SMILES string of the molecule is CCC(C)C1CN(CC2CCCN(C)C2)C(CC)CN1. The van der Waals surface area contributed by atoms with E-state index >= 15 is 0 Å². The van der Waals surface area contributed by atoms with Gasteiger partial charge in [-0.3, -0.25) is 4.90 Å². The lowest BCUT2D eigenvalue weighted by molar-refractivity contribution is 0.0708. The predicted molar refractivity (Wildman–Crippen MR) is 87.1 cm³/mol. The number of rotatable bonds is 5. The molecule has 2 fully saturated rings. The van der Waals surface area contributed by atoms with Crippen molar-refractivity contribution in [2.45, 2.75) is 58.5 Å². The first kappa shape index (κ1) is 16.3. The highest BCUT2D eigenvalue weighted by Crippen LogP contribution is 2.22. The van der Waals surface area contributed by atoms with Gasteiger partial charge >= 0.3 is 0 Å². The summed E-state index contributed by atoms with van der Waals surface area (Å²) in [6.07, 6.45) is 5.38. The molecule has 0 spiro atoms. The monoisotopic (exact) mass is 281 g/mol. The molecule has 2 saturated heterocycles. The summed E-state index contributed by atoms with van der Waals surface area (Å²) >= 11 is 0. The van der Waals surface area contributed by atoms with Crippen LogP contribution in [0, 0.1) is 11.8 Å². The zero-order chi connectivity index (χ0) is 14.5. The van der Waals surface area contributed by atoms with Crippen LogP contribution < -0.4 is 5.32 Å². The minimum absolute atomic E-state index is 0.698. The lowest BCUT2D eigenvalue weighted by atomic mass is 9.92. The number of piperazine rings is 1. The van der Waals surface area contributed by atoms with E-state index in [2.05, 4.69) is 42.9 Å². The van der Waals surface area contributed by atoms with Crippen molar-refractivity contribution in [1.82, 2.24) is 15.1 Å². The molecule has 118 valence electrons. The van der Waals surface area contributed by atoms with Gasteiger partial charge in [-0.25, -0.2) is 0 Å². The summed E-state index contributed by atoms with van der Waals surface area (Å²) in [7, 11) is 2.28. The number of hydrogen-bond acceptors (Lipinski definition) is 3. The maximum absolute atomic E-state index is 3.79. The Morgan fingerprint density at radius 1 is 1.25 bits per heavy atom. The molecule has 1 N–H and O–H groups in total. The molecule has 3 nitrogen and oxygen atoms in total. The Morgan fingerprint density at radius 2 is 2.05 bits per heavy atom. The van der Waals surface area contributed by atoms with Gasteiger partial charge in [-0.15, -0.1) is 0 Å². The van der Waals surface area contributed by atoms with Crippen LogP contribution in [-0.4, -0.2) is 61.7 Å². The standard InChI is InChI=1S/C17H35N3/c1-5-14(3)17-13-20(16(6-2)10-18-17)12-15-8-7-9-19(4)11-15/h14-18H,5-13H2,1-4H3. The fourth-order valence-electron chi connectivity index (χ4n) is 3.93. The Balaban J connectivity index is 1.91. The van der Waals surface area contributed by atoms with Crippen molar-refractivity contribution in [2.24, 2.45) is 11.8 Å². The molecular formula is C17H35N3. The van der Waals surface area contributed by atoms with E-state index in [0.717, 1.165) is 17.9 Å². The number of piperidine rings is 1. The van der Waals surface area contributed by atoms with Crippen LogP contribution in [0.4, 0.5) is 0 Å². The molecule has 2 aliphatic rings. The fraction of sp³-hybridized carbons (Fsp3) is 1.00. The van der Waals surface area contributed by atoms with Crippen LogP contribution in [0.3, 0.4) is 0 Å². The summed E-state index contributed by atoms with van der Waals surface area (Å²) in [5.74, 6) is 1.68. The first-order valence-corrected chi connectivity index (χ1v) is 8.80. The zero-order valence-electron chi connectivity index (χ0n) is 14.1. The Morgan fingerprint density at radius 3 is 2.70 bits per heavy atom. The molecule has 2 rings (SSSR count). The van der Waals surface area contributed by atoms with Gasteiger partial charge in [0.25, 0.3) is 0 Å². The highest BCUT2D eigenvalue weighted by atomic mass is 15.2. The Labute approximate surface area is 126 Å². The van der Waals surface area contributed by atoms with Gasteiger partial charge in [0, 0.05) is 38.3 Å². The summed E-state index contributed by atoms with van der Waals surface area (Å²) in [5, 5.41) is 3.79. The lowest BCUT2D eigenvalue weighted by Crippen LogP contribution is -2.59. The molecule has 0 bridgehead atoms. The summed E-state index contributed by atoms with van der Waals surface area (Å²) in [6, 6.07) is 1.45. The molecule has 0 aromatic carbocycles. The van der Waals surface area contributed by atoms with Crippen LogP contribution in [-0.2, 0) is 0 Å². The van der Waals surface area contributed by atoms with Crippen molar-refractivity contribution in [2.75, 3.05) is 39.8 Å². The van der Waals surface area contributed by atoms with Gasteiger partial charge in [0.15, 0.2) is 0 Å². The Hall–Kier alpha value is -0.120. The van der Waals surface area contributed by atoms with Crippen molar-refractivity contribution >= 4 is 0 Å². The molecule has 0 saturated carbocycles. The molecule has 4 atom stereocenters. The minimum atomic E-state index is 0.698. The second-order valence-electron chi connectivity index (χ2n) is 7.19. The smallest absolute Gasteiger partial charge is 0.0221 e. The second kappa shape index (κ2) is 7.77.